The fourth-order valence-corrected chi connectivity index (χ4v) is 4.37. The Morgan fingerprint density at radius 2 is 1.83 bits per heavy atom. The molecule has 1 saturated carbocycles. The number of carbonyl (C=O) groups is 2. The molecular weight excluding hydrogens is 369 g/mol. The van der Waals surface area contributed by atoms with E-state index >= 15 is 0 Å². The lowest BCUT2D eigenvalue weighted by molar-refractivity contribution is -0.123. The largest absolute Gasteiger partial charge is 0.353 e. The number of nitrogens with one attached hydrogen (secondary N) is 1. The van der Waals surface area contributed by atoms with Gasteiger partial charge >= 0.3 is 0 Å². The predicted octanol–water partition coefficient (Wildman–Crippen LogP) is 4.15. The van der Waals surface area contributed by atoms with Crippen LogP contribution < -0.4 is 5.32 Å². The topological polar surface area (TPSA) is 62.3 Å². The second-order valence-electron chi connectivity index (χ2n) is 7.97. The van der Waals surface area contributed by atoms with Crippen molar-refractivity contribution in [3.8, 4) is 0 Å². The van der Waals surface area contributed by atoms with Crippen molar-refractivity contribution < 1.29 is 14.0 Å². The first-order chi connectivity index (χ1) is 14.1. The van der Waals surface area contributed by atoms with Gasteiger partial charge in [0.2, 0.25) is 5.91 Å². The molecule has 152 valence electrons. The Labute approximate surface area is 170 Å². The molecule has 5 nitrogen and oxygen atoms in total. The Bertz CT molecular complexity index is 876. The molecule has 4 rings (SSSR count). The summed E-state index contributed by atoms with van der Waals surface area (Å²) >= 11 is 0. The van der Waals surface area contributed by atoms with Gasteiger partial charge in [0, 0.05) is 18.8 Å². The summed E-state index contributed by atoms with van der Waals surface area (Å²) in [6, 6.07) is 9.41. The van der Waals surface area contributed by atoms with E-state index in [-0.39, 0.29) is 30.1 Å². The van der Waals surface area contributed by atoms with E-state index in [1.165, 1.54) is 25.0 Å². The number of halogens is 1. The van der Waals surface area contributed by atoms with Gasteiger partial charge in [0.15, 0.2) is 0 Å². The standard InChI is InChI=1S/C23H26FN3O2/c24-17-11-9-16(10-12-17)15-27-20(22-19(23(27)29)8-5-13-25-22)14-21(28)26-18-6-3-1-2-4-7-18/h5,8-13,18,20H,1-4,6-7,14-15H2,(H,26,28)/t20-/m0/s1. The molecule has 1 aromatic carbocycles. The van der Waals surface area contributed by atoms with E-state index in [2.05, 4.69) is 10.3 Å². The average Bonchev–Trinajstić information content (AvgIpc) is 2.89. The lowest BCUT2D eigenvalue weighted by Crippen LogP contribution is -2.37. The monoisotopic (exact) mass is 395 g/mol. The van der Waals surface area contributed by atoms with Crippen LogP contribution in [-0.2, 0) is 11.3 Å². The Morgan fingerprint density at radius 1 is 1.10 bits per heavy atom. The number of hydrogen-bond acceptors (Lipinski definition) is 3. The van der Waals surface area contributed by atoms with E-state index in [9.17, 15) is 14.0 Å². The number of benzene rings is 1. The maximum atomic E-state index is 13.2. The van der Waals surface area contributed by atoms with Gasteiger partial charge in [-0.15, -0.1) is 0 Å². The number of hydrogen-bond donors (Lipinski definition) is 1. The van der Waals surface area contributed by atoms with Crippen LogP contribution in [-0.4, -0.2) is 27.7 Å². The number of aromatic nitrogens is 1. The highest BCUT2D eigenvalue weighted by Crippen LogP contribution is 2.35. The number of amides is 2. The maximum absolute atomic E-state index is 13.2. The summed E-state index contributed by atoms with van der Waals surface area (Å²) in [7, 11) is 0. The lowest BCUT2D eigenvalue weighted by Gasteiger charge is -2.25. The first kappa shape index (κ1) is 19.6. The van der Waals surface area contributed by atoms with Gasteiger partial charge in [0.05, 0.1) is 23.7 Å². The molecule has 0 radical (unpaired) electrons. The minimum absolute atomic E-state index is 0.0442. The zero-order chi connectivity index (χ0) is 20.2. The molecule has 2 aromatic rings. The molecule has 0 spiro atoms. The number of carbonyl (C=O) groups excluding carboxylic acids is 2. The molecule has 0 saturated heterocycles. The quantitative estimate of drug-likeness (QED) is 0.774. The normalized spacial score (nSPS) is 19.7. The van der Waals surface area contributed by atoms with Crippen molar-refractivity contribution in [2.24, 2.45) is 0 Å². The predicted molar refractivity (Wildman–Crippen MR) is 108 cm³/mol. The Morgan fingerprint density at radius 3 is 2.55 bits per heavy atom. The third kappa shape index (κ3) is 4.47. The number of fused-ring (bicyclic) bond motifs is 1. The summed E-state index contributed by atoms with van der Waals surface area (Å²) < 4.78 is 13.2. The third-order valence-electron chi connectivity index (χ3n) is 5.89. The fourth-order valence-electron chi connectivity index (χ4n) is 4.37. The van der Waals surface area contributed by atoms with Crippen LogP contribution in [0.2, 0.25) is 0 Å². The van der Waals surface area contributed by atoms with Crippen molar-refractivity contribution >= 4 is 11.8 Å². The fraction of sp³-hybridized carbons (Fsp3) is 0.435. The van der Waals surface area contributed by atoms with Crippen LogP contribution in [0.25, 0.3) is 0 Å². The Hall–Kier alpha value is -2.76. The maximum Gasteiger partial charge on any atom is 0.256 e. The molecule has 2 heterocycles. The van der Waals surface area contributed by atoms with E-state index in [1.807, 2.05) is 0 Å². The molecular formula is C23H26FN3O2. The van der Waals surface area contributed by atoms with Crippen molar-refractivity contribution in [1.82, 2.24) is 15.2 Å². The zero-order valence-electron chi connectivity index (χ0n) is 16.4. The van der Waals surface area contributed by atoms with Gasteiger partial charge in [0.25, 0.3) is 5.91 Å². The van der Waals surface area contributed by atoms with Crippen LogP contribution in [0, 0.1) is 5.82 Å². The molecule has 1 N–H and O–H groups in total. The molecule has 2 amide bonds. The molecule has 0 unspecified atom stereocenters. The minimum atomic E-state index is -0.408. The first-order valence-electron chi connectivity index (χ1n) is 10.4. The minimum Gasteiger partial charge on any atom is -0.353 e. The van der Waals surface area contributed by atoms with E-state index in [1.54, 1.807) is 35.4 Å². The number of nitrogens with zero attached hydrogens (tertiary/aromatic N) is 2. The molecule has 1 fully saturated rings. The second kappa shape index (κ2) is 8.72. The van der Waals surface area contributed by atoms with Crippen LogP contribution in [0.4, 0.5) is 4.39 Å². The summed E-state index contributed by atoms with van der Waals surface area (Å²) in [6.07, 6.45) is 8.63. The van der Waals surface area contributed by atoms with Crippen molar-refractivity contribution in [2.75, 3.05) is 0 Å². The summed E-state index contributed by atoms with van der Waals surface area (Å²) in [5, 5.41) is 3.17. The molecule has 6 heteroatoms. The van der Waals surface area contributed by atoms with Gasteiger partial charge in [-0.05, 0) is 42.7 Å². The summed E-state index contributed by atoms with van der Waals surface area (Å²) in [6.45, 7) is 0.316. The van der Waals surface area contributed by atoms with Gasteiger partial charge in [-0.2, -0.15) is 0 Å². The Balaban J connectivity index is 1.51. The summed E-state index contributed by atoms with van der Waals surface area (Å²) in [5.74, 6) is -0.493. The molecule has 2 aliphatic rings. The van der Waals surface area contributed by atoms with Crippen molar-refractivity contribution in [2.45, 2.75) is 63.6 Å². The number of pyridine rings is 1. The SMILES string of the molecule is O=C(C[C@H]1c2ncccc2C(=O)N1Cc1ccc(F)cc1)NC1CCCCCC1. The van der Waals surface area contributed by atoms with E-state index < -0.39 is 6.04 Å². The Kier molecular flexibility index (Phi) is 5.88. The van der Waals surface area contributed by atoms with Gasteiger partial charge in [0.1, 0.15) is 5.82 Å². The van der Waals surface area contributed by atoms with Crippen LogP contribution >= 0.6 is 0 Å². The molecule has 1 aliphatic heterocycles. The van der Waals surface area contributed by atoms with E-state index in [4.69, 9.17) is 0 Å². The summed E-state index contributed by atoms with van der Waals surface area (Å²) in [5.41, 5.74) is 2.01. The second-order valence-corrected chi connectivity index (χ2v) is 7.97. The molecule has 29 heavy (non-hydrogen) atoms. The highest BCUT2D eigenvalue weighted by Gasteiger charge is 2.39. The van der Waals surface area contributed by atoms with Gasteiger partial charge in [-0.3, -0.25) is 14.6 Å². The lowest BCUT2D eigenvalue weighted by atomic mass is 10.1. The van der Waals surface area contributed by atoms with Crippen LogP contribution in [0.15, 0.2) is 42.6 Å². The van der Waals surface area contributed by atoms with Crippen molar-refractivity contribution in [1.29, 1.82) is 0 Å². The van der Waals surface area contributed by atoms with Crippen LogP contribution in [0.1, 0.15) is 72.6 Å². The number of rotatable bonds is 5. The summed E-state index contributed by atoms with van der Waals surface area (Å²) in [4.78, 5) is 31.9. The smallest absolute Gasteiger partial charge is 0.256 e. The van der Waals surface area contributed by atoms with Crippen molar-refractivity contribution in [3.63, 3.8) is 0 Å². The molecule has 1 atom stereocenters. The molecule has 1 aromatic heterocycles. The van der Waals surface area contributed by atoms with E-state index in [0.29, 0.717) is 17.8 Å². The van der Waals surface area contributed by atoms with Crippen LogP contribution in [0.3, 0.4) is 0 Å². The van der Waals surface area contributed by atoms with Gasteiger partial charge < -0.3 is 10.2 Å². The highest BCUT2D eigenvalue weighted by molar-refractivity contribution is 5.99. The molecule has 1 aliphatic carbocycles. The highest BCUT2D eigenvalue weighted by atomic mass is 19.1. The van der Waals surface area contributed by atoms with Crippen LogP contribution in [0.5, 0.6) is 0 Å². The zero-order valence-corrected chi connectivity index (χ0v) is 16.4. The molecule has 0 bridgehead atoms. The first-order valence-corrected chi connectivity index (χ1v) is 10.4. The van der Waals surface area contributed by atoms with Gasteiger partial charge in [-0.25, -0.2) is 4.39 Å². The van der Waals surface area contributed by atoms with Crippen molar-refractivity contribution in [3.05, 3.63) is 65.2 Å². The van der Waals surface area contributed by atoms with E-state index in [0.717, 1.165) is 31.2 Å². The average molecular weight is 395 g/mol. The van der Waals surface area contributed by atoms with Gasteiger partial charge in [-0.1, -0.05) is 37.8 Å². The third-order valence-corrected chi connectivity index (χ3v) is 5.89.